The van der Waals surface area contributed by atoms with E-state index in [2.05, 4.69) is 22.2 Å². The summed E-state index contributed by atoms with van der Waals surface area (Å²) in [4.78, 5) is 48.9. The summed E-state index contributed by atoms with van der Waals surface area (Å²) in [5.41, 5.74) is 2.42. The van der Waals surface area contributed by atoms with Gasteiger partial charge in [0.05, 0.1) is 22.2 Å². The highest BCUT2D eigenvalue weighted by Crippen LogP contribution is 2.31. The van der Waals surface area contributed by atoms with E-state index in [1.807, 2.05) is 54.3 Å². The molecule has 0 bridgehead atoms. The minimum absolute atomic E-state index is 0.0159. The maximum atomic E-state index is 13.0. The van der Waals surface area contributed by atoms with Gasteiger partial charge in [0, 0.05) is 44.7 Å². The maximum Gasteiger partial charge on any atom is 0.253 e. The van der Waals surface area contributed by atoms with Crippen molar-refractivity contribution in [2.45, 2.75) is 19.4 Å². The summed E-state index contributed by atoms with van der Waals surface area (Å²) in [6, 6.07) is 15.2. The monoisotopic (exact) mass is 491 g/mol. The molecule has 3 amide bonds. The predicted molar refractivity (Wildman–Crippen MR) is 136 cm³/mol. The zero-order valence-corrected chi connectivity index (χ0v) is 20.8. The van der Waals surface area contributed by atoms with Crippen LogP contribution >= 0.6 is 11.3 Å². The molecule has 5 rings (SSSR count). The number of likely N-dealkylation sites (tertiary alicyclic amines) is 1. The highest BCUT2D eigenvalue weighted by atomic mass is 32.1. The summed E-state index contributed by atoms with van der Waals surface area (Å²) in [5.74, 6) is -0.613. The lowest BCUT2D eigenvalue weighted by molar-refractivity contribution is -0.129. The van der Waals surface area contributed by atoms with Crippen LogP contribution < -0.4 is 5.32 Å². The SMILES string of the molecule is CC(c1ccccc1)N1CC(C(=O)Nc2nc3ccc(C(=O)N4CCN(C)CC4)cc3s2)CC1=O. The largest absolute Gasteiger partial charge is 0.336 e. The standard InChI is InChI=1S/C26H29N5O3S/c1-17(18-6-4-3-5-7-18)31-16-20(15-23(31)32)24(33)28-26-27-21-9-8-19(14-22(21)35-26)25(34)30-12-10-29(2)11-13-30/h3-9,14,17,20H,10-13,15-16H2,1-2H3,(H,27,28,33). The summed E-state index contributed by atoms with van der Waals surface area (Å²) in [6.45, 7) is 5.55. The van der Waals surface area contributed by atoms with Crippen molar-refractivity contribution in [2.75, 3.05) is 45.1 Å². The topological polar surface area (TPSA) is 85.8 Å². The van der Waals surface area contributed by atoms with E-state index in [4.69, 9.17) is 0 Å². The summed E-state index contributed by atoms with van der Waals surface area (Å²) >= 11 is 1.35. The molecule has 182 valence electrons. The fourth-order valence-electron chi connectivity index (χ4n) is 4.70. The number of nitrogens with one attached hydrogen (secondary N) is 1. The molecule has 2 atom stereocenters. The Bertz CT molecular complexity index is 1250. The first-order valence-corrected chi connectivity index (χ1v) is 12.7. The van der Waals surface area contributed by atoms with Crippen molar-refractivity contribution in [3.05, 3.63) is 59.7 Å². The van der Waals surface area contributed by atoms with Crippen molar-refractivity contribution in [3.63, 3.8) is 0 Å². The summed E-state index contributed by atoms with van der Waals surface area (Å²) in [7, 11) is 2.06. The fourth-order valence-corrected chi connectivity index (χ4v) is 5.61. The van der Waals surface area contributed by atoms with Crippen LogP contribution in [-0.2, 0) is 9.59 Å². The van der Waals surface area contributed by atoms with Crippen molar-refractivity contribution in [1.29, 1.82) is 0 Å². The highest BCUT2D eigenvalue weighted by Gasteiger charge is 2.37. The molecule has 2 saturated heterocycles. The van der Waals surface area contributed by atoms with Crippen molar-refractivity contribution in [2.24, 2.45) is 5.92 Å². The minimum atomic E-state index is -0.421. The van der Waals surface area contributed by atoms with Gasteiger partial charge in [-0.1, -0.05) is 41.7 Å². The zero-order chi connectivity index (χ0) is 24.5. The number of amides is 3. The van der Waals surface area contributed by atoms with Crippen LogP contribution in [-0.4, -0.2) is 77.2 Å². The number of carbonyl (C=O) groups is 3. The molecular formula is C26H29N5O3S. The number of anilines is 1. The maximum absolute atomic E-state index is 13.0. The molecule has 0 aliphatic carbocycles. The van der Waals surface area contributed by atoms with Crippen molar-refractivity contribution in [3.8, 4) is 0 Å². The molecule has 3 heterocycles. The Balaban J connectivity index is 1.24. The first-order valence-electron chi connectivity index (χ1n) is 11.9. The average molecular weight is 492 g/mol. The molecule has 0 spiro atoms. The third-order valence-corrected chi connectivity index (χ3v) is 7.87. The number of fused-ring (bicyclic) bond motifs is 1. The van der Waals surface area contributed by atoms with Crippen molar-refractivity contribution < 1.29 is 14.4 Å². The Morgan fingerprint density at radius 3 is 2.57 bits per heavy atom. The van der Waals surface area contributed by atoms with Gasteiger partial charge in [-0.15, -0.1) is 0 Å². The molecule has 9 heteroatoms. The Morgan fingerprint density at radius 2 is 1.83 bits per heavy atom. The average Bonchev–Trinajstić information content (AvgIpc) is 3.46. The second kappa shape index (κ2) is 9.75. The van der Waals surface area contributed by atoms with Crippen LogP contribution in [0.2, 0.25) is 0 Å². The summed E-state index contributed by atoms with van der Waals surface area (Å²) < 4.78 is 0.849. The van der Waals surface area contributed by atoms with Gasteiger partial charge in [0.2, 0.25) is 11.8 Å². The molecule has 1 N–H and O–H groups in total. The summed E-state index contributed by atoms with van der Waals surface area (Å²) in [6.07, 6.45) is 0.192. The molecule has 8 nitrogen and oxygen atoms in total. The van der Waals surface area contributed by atoms with Crippen LogP contribution in [0.1, 0.15) is 35.3 Å². The lowest BCUT2D eigenvalue weighted by atomic mass is 10.1. The van der Waals surface area contributed by atoms with E-state index in [1.165, 1.54) is 11.3 Å². The van der Waals surface area contributed by atoms with E-state index < -0.39 is 5.92 Å². The molecule has 3 aromatic rings. The molecule has 0 radical (unpaired) electrons. The van der Waals surface area contributed by atoms with Gasteiger partial charge in [0.1, 0.15) is 0 Å². The first-order chi connectivity index (χ1) is 16.9. The van der Waals surface area contributed by atoms with Gasteiger partial charge in [0.15, 0.2) is 5.13 Å². The van der Waals surface area contributed by atoms with Crippen LogP contribution in [0.4, 0.5) is 5.13 Å². The third-order valence-electron chi connectivity index (χ3n) is 6.93. The molecule has 2 fully saturated rings. The van der Waals surface area contributed by atoms with Gasteiger partial charge >= 0.3 is 0 Å². The number of likely N-dealkylation sites (N-methyl/N-ethyl adjacent to an activating group) is 1. The second-order valence-electron chi connectivity index (χ2n) is 9.32. The first kappa shape index (κ1) is 23.4. The van der Waals surface area contributed by atoms with Gasteiger partial charge < -0.3 is 20.0 Å². The van der Waals surface area contributed by atoms with Crippen LogP contribution in [0.3, 0.4) is 0 Å². The molecular weight excluding hydrogens is 462 g/mol. The Kier molecular flexibility index (Phi) is 6.53. The lowest BCUT2D eigenvalue weighted by Gasteiger charge is -2.32. The quantitative estimate of drug-likeness (QED) is 0.592. The van der Waals surface area contributed by atoms with Gasteiger partial charge in [-0.25, -0.2) is 4.98 Å². The smallest absolute Gasteiger partial charge is 0.253 e. The molecule has 2 unspecified atom stereocenters. The Morgan fingerprint density at radius 1 is 1.09 bits per heavy atom. The number of carbonyl (C=O) groups excluding carboxylic acids is 3. The van der Waals surface area contributed by atoms with Gasteiger partial charge in [-0.2, -0.15) is 0 Å². The van der Waals surface area contributed by atoms with Crippen LogP contribution in [0.25, 0.3) is 10.2 Å². The number of nitrogens with zero attached hydrogens (tertiary/aromatic N) is 4. The van der Waals surface area contributed by atoms with E-state index in [1.54, 1.807) is 11.0 Å². The minimum Gasteiger partial charge on any atom is -0.336 e. The molecule has 2 aromatic carbocycles. The number of piperazine rings is 1. The third kappa shape index (κ3) is 4.92. The van der Waals surface area contributed by atoms with Crippen LogP contribution in [0.15, 0.2) is 48.5 Å². The van der Waals surface area contributed by atoms with E-state index >= 15 is 0 Å². The molecule has 35 heavy (non-hydrogen) atoms. The van der Waals surface area contributed by atoms with E-state index in [0.29, 0.717) is 17.2 Å². The highest BCUT2D eigenvalue weighted by molar-refractivity contribution is 7.22. The Labute approximate surface area is 208 Å². The summed E-state index contributed by atoms with van der Waals surface area (Å²) in [5, 5.41) is 3.38. The zero-order valence-electron chi connectivity index (χ0n) is 19.9. The van der Waals surface area contributed by atoms with Crippen molar-refractivity contribution >= 4 is 44.4 Å². The van der Waals surface area contributed by atoms with Crippen LogP contribution in [0, 0.1) is 5.92 Å². The second-order valence-corrected chi connectivity index (χ2v) is 10.4. The van der Waals surface area contributed by atoms with E-state index in [9.17, 15) is 14.4 Å². The normalized spacial score (nSPS) is 19.8. The predicted octanol–water partition coefficient (Wildman–Crippen LogP) is 3.23. The van der Waals surface area contributed by atoms with Crippen molar-refractivity contribution in [1.82, 2.24) is 19.7 Å². The number of hydrogen-bond acceptors (Lipinski definition) is 6. The van der Waals surface area contributed by atoms with E-state index in [-0.39, 0.29) is 30.2 Å². The van der Waals surface area contributed by atoms with Crippen LogP contribution in [0.5, 0.6) is 0 Å². The fraction of sp³-hybridized carbons (Fsp3) is 0.385. The number of benzene rings is 2. The number of aromatic nitrogens is 1. The molecule has 0 saturated carbocycles. The van der Waals surface area contributed by atoms with Gasteiger partial charge in [0.25, 0.3) is 5.91 Å². The Hall–Kier alpha value is -3.30. The number of thiazole rings is 1. The molecule has 2 aliphatic heterocycles. The number of hydrogen-bond donors (Lipinski definition) is 1. The molecule has 1 aromatic heterocycles. The van der Waals surface area contributed by atoms with Gasteiger partial charge in [-0.05, 0) is 37.7 Å². The van der Waals surface area contributed by atoms with E-state index in [0.717, 1.165) is 42.0 Å². The number of rotatable bonds is 5. The lowest BCUT2D eigenvalue weighted by Crippen LogP contribution is -2.47. The van der Waals surface area contributed by atoms with Gasteiger partial charge in [-0.3, -0.25) is 14.4 Å². The molecule has 2 aliphatic rings.